The van der Waals surface area contributed by atoms with Crippen molar-refractivity contribution in [2.45, 2.75) is 44.1 Å². The Morgan fingerprint density at radius 2 is 2.12 bits per heavy atom. The molecule has 0 aliphatic carbocycles. The Morgan fingerprint density at radius 1 is 1.27 bits per heavy atom. The minimum atomic E-state index is 0.513. The molecule has 140 valence electrons. The van der Waals surface area contributed by atoms with Crippen LogP contribution in [0.2, 0.25) is 0 Å². The molecule has 0 saturated carbocycles. The lowest BCUT2D eigenvalue weighted by Crippen LogP contribution is -2.45. The van der Waals surface area contributed by atoms with Crippen molar-refractivity contribution < 1.29 is 4.74 Å². The van der Waals surface area contributed by atoms with Crippen LogP contribution in [0.1, 0.15) is 30.9 Å². The van der Waals surface area contributed by atoms with Gasteiger partial charge in [-0.15, -0.1) is 0 Å². The summed E-state index contributed by atoms with van der Waals surface area (Å²) >= 11 is 1.68. The number of nitrogens with one attached hydrogen (secondary N) is 1. The zero-order valence-electron chi connectivity index (χ0n) is 15.6. The minimum absolute atomic E-state index is 0.513. The summed E-state index contributed by atoms with van der Waals surface area (Å²) in [6.07, 6.45) is 6.33. The predicted octanol–water partition coefficient (Wildman–Crippen LogP) is 3.35. The molecule has 1 N–H and O–H groups in total. The second-order valence-corrected chi connectivity index (χ2v) is 7.84. The third-order valence-electron chi connectivity index (χ3n) is 4.60. The quantitative estimate of drug-likeness (QED) is 0.566. The molecule has 2 aromatic rings. The van der Waals surface area contributed by atoms with Gasteiger partial charge in [0, 0.05) is 43.6 Å². The monoisotopic (exact) mass is 372 g/mol. The van der Waals surface area contributed by atoms with Crippen molar-refractivity contribution >= 4 is 11.8 Å². The smallest absolute Gasteiger partial charge is 0.187 e. The van der Waals surface area contributed by atoms with E-state index in [1.165, 1.54) is 18.4 Å². The van der Waals surface area contributed by atoms with Gasteiger partial charge in [0.15, 0.2) is 5.16 Å². The molecule has 1 aromatic heterocycles. The lowest BCUT2D eigenvalue weighted by Gasteiger charge is -2.33. The van der Waals surface area contributed by atoms with Gasteiger partial charge in [-0.05, 0) is 42.8 Å². The van der Waals surface area contributed by atoms with Gasteiger partial charge in [0.05, 0.1) is 7.11 Å². The van der Waals surface area contributed by atoms with Gasteiger partial charge in [0.1, 0.15) is 5.75 Å². The number of methoxy groups -OCH3 is 1. The van der Waals surface area contributed by atoms with Crippen LogP contribution in [0.5, 0.6) is 5.75 Å². The Balaban J connectivity index is 1.48. The molecule has 2 heterocycles. The van der Waals surface area contributed by atoms with Gasteiger partial charge >= 0.3 is 0 Å². The van der Waals surface area contributed by atoms with Gasteiger partial charge in [-0.2, -0.15) is 0 Å². The van der Waals surface area contributed by atoms with Crippen molar-refractivity contribution in [3.8, 4) is 5.75 Å². The Labute approximate surface area is 160 Å². The number of aromatic nitrogens is 2. The first kappa shape index (κ1) is 19.1. The van der Waals surface area contributed by atoms with Gasteiger partial charge in [0.25, 0.3) is 0 Å². The molecular weight excluding hydrogens is 344 g/mol. The van der Waals surface area contributed by atoms with E-state index in [1.54, 1.807) is 18.9 Å². The summed E-state index contributed by atoms with van der Waals surface area (Å²) in [5.41, 5.74) is 2.46. The number of piperidine rings is 1. The van der Waals surface area contributed by atoms with Gasteiger partial charge in [0.2, 0.25) is 0 Å². The fourth-order valence-electron chi connectivity index (χ4n) is 3.29. The van der Waals surface area contributed by atoms with Crippen molar-refractivity contribution in [2.24, 2.45) is 0 Å². The molecule has 0 spiro atoms. The van der Waals surface area contributed by atoms with Crippen molar-refractivity contribution in [3.63, 3.8) is 0 Å². The van der Waals surface area contributed by atoms with E-state index < -0.39 is 0 Å². The lowest BCUT2D eigenvalue weighted by atomic mass is 10.0. The Hall–Kier alpha value is -1.63. The van der Waals surface area contributed by atoms with E-state index in [0.29, 0.717) is 6.04 Å². The van der Waals surface area contributed by atoms with Crippen molar-refractivity contribution in [3.05, 3.63) is 47.8 Å². The molecule has 0 radical (unpaired) electrons. The van der Waals surface area contributed by atoms with Crippen LogP contribution in [0.25, 0.3) is 0 Å². The zero-order chi connectivity index (χ0) is 18.2. The van der Waals surface area contributed by atoms with E-state index in [4.69, 9.17) is 4.74 Å². The van der Waals surface area contributed by atoms with Crippen LogP contribution in [0.15, 0.2) is 41.8 Å². The summed E-state index contributed by atoms with van der Waals surface area (Å²) in [4.78, 5) is 11.3. The highest BCUT2D eigenvalue weighted by atomic mass is 32.2. The van der Waals surface area contributed by atoms with Crippen LogP contribution in [-0.4, -0.2) is 46.9 Å². The highest BCUT2D eigenvalue weighted by molar-refractivity contribution is 7.99. The maximum Gasteiger partial charge on any atom is 0.187 e. The first-order valence-electron chi connectivity index (χ1n) is 9.29. The summed E-state index contributed by atoms with van der Waals surface area (Å²) in [6, 6.07) is 8.88. The SMILES string of the molecule is CCSc1ncc(CNC2CCCN(Cc3cccc(OC)c3)C2)cn1. The average molecular weight is 373 g/mol. The lowest BCUT2D eigenvalue weighted by molar-refractivity contribution is 0.182. The molecule has 5 nitrogen and oxygen atoms in total. The number of thioether (sulfide) groups is 1. The zero-order valence-corrected chi connectivity index (χ0v) is 16.5. The van der Waals surface area contributed by atoms with E-state index in [9.17, 15) is 0 Å². The number of nitrogens with zero attached hydrogens (tertiary/aromatic N) is 3. The van der Waals surface area contributed by atoms with Gasteiger partial charge < -0.3 is 10.1 Å². The largest absolute Gasteiger partial charge is 0.497 e. The number of hydrogen-bond acceptors (Lipinski definition) is 6. The normalized spacial score (nSPS) is 18.0. The Kier molecular flexibility index (Phi) is 7.29. The second-order valence-electron chi connectivity index (χ2n) is 6.61. The van der Waals surface area contributed by atoms with E-state index in [2.05, 4.69) is 45.3 Å². The molecule has 1 aromatic carbocycles. The minimum Gasteiger partial charge on any atom is -0.497 e. The number of likely N-dealkylation sites (tertiary alicyclic amines) is 1. The van der Waals surface area contributed by atoms with Crippen LogP contribution in [0.4, 0.5) is 0 Å². The molecule has 1 unspecified atom stereocenters. The van der Waals surface area contributed by atoms with Crippen molar-refractivity contribution in [2.75, 3.05) is 26.0 Å². The van der Waals surface area contributed by atoms with Crippen LogP contribution in [-0.2, 0) is 13.1 Å². The fourth-order valence-corrected chi connectivity index (χ4v) is 3.81. The topological polar surface area (TPSA) is 50.3 Å². The fraction of sp³-hybridized carbons (Fsp3) is 0.500. The third-order valence-corrected chi connectivity index (χ3v) is 5.35. The predicted molar refractivity (Wildman–Crippen MR) is 107 cm³/mol. The van der Waals surface area contributed by atoms with E-state index in [-0.39, 0.29) is 0 Å². The molecule has 0 amide bonds. The molecule has 1 aliphatic rings. The van der Waals surface area contributed by atoms with Gasteiger partial charge in [-0.3, -0.25) is 4.90 Å². The van der Waals surface area contributed by atoms with Crippen LogP contribution in [0.3, 0.4) is 0 Å². The van der Waals surface area contributed by atoms with Crippen LogP contribution >= 0.6 is 11.8 Å². The number of ether oxygens (including phenoxy) is 1. The maximum absolute atomic E-state index is 5.33. The molecule has 0 bridgehead atoms. The molecule has 1 atom stereocenters. The van der Waals surface area contributed by atoms with E-state index in [0.717, 1.165) is 48.4 Å². The third kappa shape index (κ3) is 5.69. The average Bonchev–Trinajstić information content (AvgIpc) is 2.68. The molecule has 3 rings (SSSR count). The standard InChI is InChI=1S/C20H28N4OS/c1-3-26-20-22-12-17(13-23-20)11-21-18-7-5-9-24(15-18)14-16-6-4-8-19(10-16)25-2/h4,6,8,10,12-13,18,21H,3,5,7,9,11,14-15H2,1-2H3. The highest BCUT2D eigenvalue weighted by Crippen LogP contribution is 2.18. The second kappa shape index (κ2) is 9.90. The van der Waals surface area contributed by atoms with Crippen molar-refractivity contribution in [1.29, 1.82) is 0 Å². The van der Waals surface area contributed by atoms with Crippen LogP contribution < -0.4 is 10.1 Å². The van der Waals surface area contributed by atoms with Crippen molar-refractivity contribution in [1.82, 2.24) is 20.2 Å². The first-order chi connectivity index (χ1) is 12.8. The summed E-state index contributed by atoms with van der Waals surface area (Å²) < 4.78 is 5.33. The molecule has 1 saturated heterocycles. The van der Waals surface area contributed by atoms with E-state index in [1.807, 2.05) is 18.5 Å². The van der Waals surface area contributed by atoms with E-state index >= 15 is 0 Å². The highest BCUT2D eigenvalue weighted by Gasteiger charge is 2.19. The van der Waals surface area contributed by atoms with Gasteiger partial charge in [-0.25, -0.2) is 9.97 Å². The molecule has 1 aliphatic heterocycles. The van der Waals surface area contributed by atoms with Crippen LogP contribution in [0, 0.1) is 0 Å². The molecule has 26 heavy (non-hydrogen) atoms. The maximum atomic E-state index is 5.33. The summed E-state index contributed by atoms with van der Waals surface area (Å²) in [5.74, 6) is 1.93. The molecule has 6 heteroatoms. The summed E-state index contributed by atoms with van der Waals surface area (Å²) in [5, 5.41) is 4.53. The van der Waals surface area contributed by atoms with Gasteiger partial charge in [-0.1, -0.05) is 30.8 Å². The molecular formula is C20H28N4OS. The number of rotatable bonds is 8. The molecule has 1 fully saturated rings. The number of hydrogen-bond donors (Lipinski definition) is 1. The summed E-state index contributed by atoms with van der Waals surface area (Å²) in [7, 11) is 1.72. The first-order valence-corrected chi connectivity index (χ1v) is 10.3. The Bertz CT molecular complexity index is 680. The summed E-state index contributed by atoms with van der Waals surface area (Å²) in [6.45, 7) is 6.14. The Morgan fingerprint density at radius 3 is 2.88 bits per heavy atom. The number of benzene rings is 1.